The Bertz CT molecular complexity index is 503. The molecule has 2 N–H and O–H groups in total. The van der Waals surface area contributed by atoms with Crippen LogP contribution in [0.5, 0.6) is 0 Å². The average Bonchev–Trinajstić information content (AvgIpc) is 2.83. The van der Waals surface area contributed by atoms with Crippen molar-refractivity contribution in [1.29, 1.82) is 0 Å². The number of carboxylic acid groups (broad SMARTS) is 1. The highest BCUT2D eigenvalue weighted by Gasteiger charge is 2.30. The summed E-state index contributed by atoms with van der Waals surface area (Å²) in [6.45, 7) is 4.11. The van der Waals surface area contributed by atoms with Gasteiger partial charge in [0, 0.05) is 28.1 Å². The Balaban J connectivity index is 1.77. The summed E-state index contributed by atoms with van der Waals surface area (Å²) in [5.41, 5.74) is 0. The molecule has 1 aromatic heterocycles. The summed E-state index contributed by atoms with van der Waals surface area (Å²) in [6, 6.07) is 4.33. The number of carbonyl (C=O) groups is 2. The smallest absolute Gasteiger partial charge is 0.306 e. The van der Waals surface area contributed by atoms with Gasteiger partial charge in [0.15, 0.2) is 0 Å². The molecule has 5 heteroatoms. The van der Waals surface area contributed by atoms with Crippen LogP contribution in [0.2, 0.25) is 0 Å². The molecule has 1 saturated carbocycles. The summed E-state index contributed by atoms with van der Waals surface area (Å²) in [5, 5.41) is 12.0. The molecule has 1 amide bonds. The Hall–Kier alpha value is -1.36. The number of amides is 1. The van der Waals surface area contributed by atoms with Crippen LogP contribution < -0.4 is 5.32 Å². The molecular weight excluding hydrogens is 286 g/mol. The lowest BCUT2D eigenvalue weighted by Gasteiger charge is -2.26. The Morgan fingerprint density at radius 3 is 2.43 bits per heavy atom. The van der Waals surface area contributed by atoms with Gasteiger partial charge in [0.05, 0.1) is 5.92 Å². The van der Waals surface area contributed by atoms with E-state index in [1.165, 1.54) is 9.75 Å². The van der Waals surface area contributed by atoms with Crippen molar-refractivity contribution in [3.63, 3.8) is 0 Å². The van der Waals surface area contributed by atoms with E-state index in [1.54, 1.807) is 11.3 Å². The third-order valence-electron chi connectivity index (χ3n) is 4.14. The zero-order valence-electron chi connectivity index (χ0n) is 12.6. The Kier molecular flexibility index (Phi) is 5.39. The first-order valence-corrected chi connectivity index (χ1v) is 8.36. The molecule has 1 aromatic rings. The van der Waals surface area contributed by atoms with Crippen LogP contribution in [0.25, 0.3) is 0 Å². The minimum Gasteiger partial charge on any atom is -0.481 e. The van der Waals surface area contributed by atoms with Gasteiger partial charge in [-0.25, -0.2) is 0 Å². The average molecular weight is 309 g/mol. The van der Waals surface area contributed by atoms with Crippen LogP contribution in [-0.2, 0) is 16.0 Å². The number of thiophene rings is 1. The van der Waals surface area contributed by atoms with Crippen LogP contribution in [0.1, 0.15) is 42.4 Å². The third-order valence-corrected chi connectivity index (χ3v) is 5.16. The minimum atomic E-state index is -0.727. The maximum Gasteiger partial charge on any atom is 0.306 e. The van der Waals surface area contributed by atoms with E-state index in [0.717, 1.165) is 6.42 Å². The molecule has 116 valence electrons. The number of hydrogen-bond donors (Lipinski definition) is 2. The molecule has 4 nitrogen and oxygen atoms in total. The molecule has 21 heavy (non-hydrogen) atoms. The number of carboxylic acids is 1. The van der Waals surface area contributed by atoms with Gasteiger partial charge in [0.1, 0.15) is 0 Å². The molecule has 1 heterocycles. The minimum absolute atomic E-state index is 0.0203. The summed E-state index contributed by atoms with van der Waals surface area (Å²) in [4.78, 5) is 25.7. The Labute approximate surface area is 129 Å². The van der Waals surface area contributed by atoms with E-state index in [0.29, 0.717) is 25.7 Å². The molecular formula is C16H23NO3S. The van der Waals surface area contributed by atoms with Gasteiger partial charge in [0.25, 0.3) is 0 Å². The monoisotopic (exact) mass is 309 g/mol. The maximum atomic E-state index is 12.2. The van der Waals surface area contributed by atoms with E-state index in [2.05, 4.69) is 24.4 Å². The van der Waals surface area contributed by atoms with Crippen LogP contribution >= 0.6 is 11.3 Å². The molecule has 2 rings (SSSR count). The standard InChI is InChI=1S/C16H23NO3S/c1-10(9-14-8-3-11(2)21-14)17-15(18)12-4-6-13(7-5-12)16(19)20/h3,8,10,12-13H,4-7,9H2,1-2H3,(H,17,18)(H,19,20). The van der Waals surface area contributed by atoms with Crippen LogP contribution in [0.15, 0.2) is 12.1 Å². The topological polar surface area (TPSA) is 66.4 Å². The van der Waals surface area contributed by atoms with Gasteiger partial charge < -0.3 is 10.4 Å². The van der Waals surface area contributed by atoms with Gasteiger partial charge in [-0.05, 0) is 51.7 Å². The predicted octanol–water partition coefficient (Wildman–Crippen LogP) is 2.99. The Morgan fingerprint density at radius 1 is 1.29 bits per heavy atom. The van der Waals surface area contributed by atoms with E-state index in [4.69, 9.17) is 5.11 Å². The molecule has 0 aromatic carbocycles. The van der Waals surface area contributed by atoms with Crippen molar-refractivity contribution in [3.05, 3.63) is 21.9 Å². The lowest BCUT2D eigenvalue weighted by atomic mass is 9.81. The maximum absolute atomic E-state index is 12.2. The molecule has 1 unspecified atom stereocenters. The first-order chi connectivity index (χ1) is 9.95. The molecule has 0 spiro atoms. The second-order valence-electron chi connectivity index (χ2n) is 6.01. The highest BCUT2D eigenvalue weighted by atomic mass is 32.1. The number of hydrogen-bond acceptors (Lipinski definition) is 3. The van der Waals surface area contributed by atoms with Crippen LogP contribution in [-0.4, -0.2) is 23.0 Å². The number of aryl methyl sites for hydroxylation is 1. The molecule has 0 radical (unpaired) electrons. The quantitative estimate of drug-likeness (QED) is 0.878. The van der Waals surface area contributed by atoms with Gasteiger partial charge in [-0.2, -0.15) is 0 Å². The summed E-state index contributed by atoms with van der Waals surface area (Å²) < 4.78 is 0. The zero-order valence-corrected chi connectivity index (χ0v) is 13.4. The molecule has 1 fully saturated rings. The van der Waals surface area contributed by atoms with E-state index < -0.39 is 5.97 Å². The van der Waals surface area contributed by atoms with Crippen LogP contribution in [0.4, 0.5) is 0 Å². The van der Waals surface area contributed by atoms with Gasteiger partial charge >= 0.3 is 5.97 Å². The van der Waals surface area contributed by atoms with Gasteiger partial charge in [-0.1, -0.05) is 0 Å². The van der Waals surface area contributed by atoms with Crippen molar-refractivity contribution in [2.45, 2.75) is 52.0 Å². The fourth-order valence-corrected chi connectivity index (χ4v) is 3.93. The largest absolute Gasteiger partial charge is 0.481 e. The molecule has 1 aliphatic rings. The second-order valence-corrected chi connectivity index (χ2v) is 7.39. The molecule has 1 atom stereocenters. The first kappa shape index (κ1) is 16.0. The molecule has 1 aliphatic carbocycles. The van der Waals surface area contributed by atoms with Crippen molar-refractivity contribution in [2.24, 2.45) is 11.8 Å². The van der Waals surface area contributed by atoms with Crippen molar-refractivity contribution >= 4 is 23.2 Å². The van der Waals surface area contributed by atoms with Crippen molar-refractivity contribution < 1.29 is 14.7 Å². The first-order valence-electron chi connectivity index (χ1n) is 7.54. The fourth-order valence-electron chi connectivity index (χ4n) is 2.91. The van der Waals surface area contributed by atoms with Gasteiger partial charge in [-0.3, -0.25) is 9.59 Å². The van der Waals surface area contributed by atoms with Crippen LogP contribution in [0, 0.1) is 18.8 Å². The normalized spacial score (nSPS) is 23.5. The van der Waals surface area contributed by atoms with Crippen molar-refractivity contribution in [1.82, 2.24) is 5.32 Å². The van der Waals surface area contributed by atoms with E-state index in [-0.39, 0.29) is 23.8 Å². The van der Waals surface area contributed by atoms with Gasteiger partial charge in [0.2, 0.25) is 5.91 Å². The lowest BCUT2D eigenvalue weighted by Crippen LogP contribution is -2.40. The van der Waals surface area contributed by atoms with E-state index >= 15 is 0 Å². The third kappa shape index (κ3) is 4.56. The fraction of sp³-hybridized carbons (Fsp3) is 0.625. The number of carbonyl (C=O) groups excluding carboxylic acids is 1. The Morgan fingerprint density at radius 2 is 1.90 bits per heavy atom. The second kappa shape index (κ2) is 7.07. The van der Waals surface area contributed by atoms with Crippen LogP contribution in [0.3, 0.4) is 0 Å². The highest BCUT2D eigenvalue weighted by Crippen LogP contribution is 2.29. The van der Waals surface area contributed by atoms with Crippen molar-refractivity contribution in [2.75, 3.05) is 0 Å². The van der Waals surface area contributed by atoms with E-state index in [1.807, 2.05) is 6.92 Å². The number of aliphatic carboxylic acids is 1. The number of rotatable bonds is 5. The highest BCUT2D eigenvalue weighted by molar-refractivity contribution is 7.11. The summed E-state index contributed by atoms with van der Waals surface area (Å²) in [6.07, 6.45) is 3.47. The van der Waals surface area contributed by atoms with E-state index in [9.17, 15) is 9.59 Å². The summed E-state index contributed by atoms with van der Waals surface area (Å²) in [5.74, 6) is -0.927. The SMILES string of the molecule is Cc1ccc(CC(C)NC(=O)C2CCC(C(=O)O)CC2)s1. The molecule has 0 bridgehead atoms. The summed E-state index contributed by atoms with van der Waals surface area (Å²) in [7, 11) is 0. The number of nitrogens with one attached hydrogen (secondary N) is 1. The van der Waals surface area contributed by atoms with Crippen molar-refractivity contribution in [3.8, 4) is 0 Å². The zero-order chi connectivity index (χ0) is 15.4. The lowest BCUT2D eigenvalue weighted by molar-refractivity contribution is -0.144. The molecule has 0 aliphatic heterocycles. The van der Waals surface area contributed by atoms with Gasteiger partial charge in [-0.15, -0.1) is 11.3 Å². The summed E-state index contributed by atoms with van der Waals surface area (Å²) >= 11 is 1.77. The molecule has 0 saturated heterocycles. The predicted molar refractivity (Wildman–Crippen MR) is 83.4 cm³/mol.